The van der Waals surface area contributed by atoms with Crippen molar-refractivity contribution >= 4 is 185 Å². The molecule has 280 valence electrons. The summed E-state index contributed by atoms with van der Waals surface area (Å²) in [6.07, 6.45) is 3.17. The lowest BCUT2D eigenvalue weighted by molar-refractivity contribution is -0.111. The molecule has 47 heavy (non-hydrogen) atoms. The second-order valence-electron chi connectivity index (χ2n) is 8.61. The van der Waals surface area contributed by atoms with Crippen LogP contribution in [0.3, 0.4) is 0 Å². The van der Waals surface area contributed by atoms with E-state index in [2.05, 4.69) is 0 Å². The van der Waals surface area contributed by atoms with Crippen LogP contribution in [0.25, 0.3) is 0 Å². The maximum atomic E-state index is 12.2. The van der Waals surface area contributed by atoms with Crippen LogP contribution in [0.1, 0.15) is 25.7 Å². The van der Waals surface area contributed by atoms with Gasteiger partial charge in [-0.2, -0.15) is 58.8 Å². The average Bonchev–Trinajstić information content (AvgIpc) is 3.06. The number of carbonyl (C=O) groups excluding carboxylic acids is 2. The molecule has 0 bridgehead atoms. The summed E-state index contributed by atoms with van der Waals surface area (Å²) in [5.74, 6) is 8.99. The van der Waals surface area contributed by atoms with Crippen LogP contribution < -0.4 is 0 Å². The first-order chi connectivity index (χ1) is 23.0. The lowest BCUT2D eigenvalue weighted by Gasteiger charge is -2.10. The summed E-state index contributed by atoms with van der Waals surface area (Å²) in [5.41, 5.74) is 0. The van der Waals surface area contributed by atoms with Gasteiger partial charge in [0, 0.05) is 90.0 Å². The standard InChI is InChI=1S/C26H50O6S15/c27-15-39-23-45-26(30)4-8-36-20-41-17-33-5-1-12-46(31)14-11-38-22-43-21-37-9-10-44-25(29)3-7-35-19-42-18-34-6-2-13-47(32)24-40-16-28/h27-28H,1-24H2. The Morgan fingerprint density at radius 2 is 0.915 bits per heavy atom. The van der Waals surface area contributed by atoms with E-state index in [4.69, 9.17) is 10.2 Å². The second kappa shape index (κ2) is 43.2. The number of aliphatic hydroxyl groups is 2. The molecule has 0 saturated heterocycles. The molecule has 2 N–H and O–H groups in total. The molecule has 0 aromatic heterocycles. The van der Waals surface area contributed by atoms with Gasteiger partial charge in [-0.25, -0.2) is 0 Å². The van der Waals surface area contributed by atoms with Crippen LogP contribution in [0.5, 0.6) is 0 Å². The van der Waals surface area contributed by atoms with Crippen molar-refractivity contribution in [2.75, 3.05) is 110 Å². The molecule has 0 aromatic carbocycles. The highest BCUT2D eigenvalue weighted by atomic mass is 32.3. The fourth-order valence-corrected chi connectivity index (χ4v) is 19.5. The van der Waals surface area contributed by atoms with E-state index < -0.39 is 22.4 Å². The van der Waals surface area contributed by atoms with Gasteiger partial charge in [0.2, 0.25) is 0 Å². The van der Waals surface area contributed by atoms with Gasteiger partial charge in [0.1, 0.15) is 17.3 Å². The monoisotopic (exact) mass is 938 g/mol. The van der Waals surface area contributed by atoms with Gasteiger partial charge in [0.05, 0.1) is 11.9 Å². The van der Waals surface area contributed by atoms with Crippen LogP contribution in [0, 0.1) is 0 Å². The molecule has 0 aliphatic heterocycles. The fourth-order valence-electron chi connectivity index (χ4n) is 2.71. The van der Waals surface area contributed by atoms with Gasteiger partial charge in [-0.1, -0.05) is 46.5 Å². The highest BCUT2D eigenvalue weighted by Gasteiger charge is 2.08. The minimum absolute atomic E-state index is 0.0373. The van der Waals surface area contributed by atoms with Crippen LogP contribution in [0.2, 0.25) is 0 Å². The molecule has 0 spiro atoms. The molecule has 6 nitrogen and oxygen atoms in total. The summed E-state index contributed by atoms with van der Waals surface area (Å²) >= 11 is 20.7. The molecule has 21 heteroatoms. The minimum Gasteiger partial charge on any atom is -0.616 e. The second-order valence-corrected chi connectivity index (χ2v) is 28.5. The van der Waals surface area contributed by atoms with E-state index in [1.165, 1.54) is 47.0 Å². The van der Waals surface area contributed by atoms with Gasteiger partial charge in [-0.05, 0) is 22.7 Å². The van der Waals surface area contributed by atoms with Crippen molar-refractivity contribution in [1.82, 2.24) is 0 Å². The minimum atomic E-state index is -0.824. The Hall–Kier alpha value is 4.43. The largest absolute Gasteiger partial charge is 0.616 e. The molecule has 2 atom stereocenters. The first-order valence-electron chi connectivity index (χ1n) is 14.6. The van der Waals surface area contributed by atoms with Crippen molar-refractivity contribution in [2.45, 2.75) is 25.7 Å². The zero-order chi connectivity index (χ0) is 34.5. The SMILES string of the molecule is O=C(CCSCSCSCCC[S+]([O-])CSCO)SCCSCSCSCC[S+]([O-])CCCSCSCSCCC(=O)SCSCO. The summed E-state index contributed by atoms with van der Waals surface area (Å²) in [5, 5.41) is 25.2. The Morgan fingerprint density at radius 3 is 1.47 bits per heavy atom. The number of rotatable bonds is 38. The maximum absolute atomic E-state index is 12.2. The van der Waals surface area contributed by atoms with Crippen molar-refractivity contribution in [3.05, 3.63) is 0 Å². The third-order valence-corrected chi connectivity index (χ3v) is 23.3. The summed E-state index contributed by atoms with van der Waals surface area (Å²) in [6, 6.07) is 0. The maximum Gasteiger partial charge on any atom is 0.190 e. The van der Waals surface area contributed by atoms with Gasteiger partial charge in [-0.3, -0.25) is 9.59 Å². The molecule has 2 unspecified atom stereocenters. The number of thioether (sulfide) groups is 13. The number of hydrogen-bond acceptors (Lipinski definition) is 19. The zero-order valence-corrected chi connectivity index (χ0v) is 38.9. The Morgan fingerprint density at radius 1 is 0.447 bits per heavy atom. The summed E-state index contributed by atoms with van der Waals surface area (Å²) in [4.78, 5) is 23.7. The molecule has 0 amide bonds. The van der Waals surface area contributed by atoms with Crippen molar-refractivity contribution in [3.63, 3.8) is 0 Å². The van der Waals surface area contributed by atoms with E-state index in [0.717, 1.165) is 95.1 Å². The van der Waals surface area contributed by atoms with Crippen molar-refractivity contribution < 1.29 is 28.9 Å². The smallest absolute Gasteiger partial charge is 0.190 e. The number of hydrogen-bond donors (Lipinski definition) is 2. The van der Waals surface area contributed by atoms with E-state index >= 15 is 0 Å². The third kappa shape index (κ3) is 43.0. The molecule has 0 rings (SSSR count). The summed E-state index contributed by atoms with van der Waals surface area (Å²) in [6.45, 7) is 0. The molecule has 0 fully saturated rings. The van der Waals surface area contributed by atoms with E-state index in [1.807, 2.05) is 94.1 Å². The topological polar surface area (TPSA) is 121 Å². The van der Waals surface area contributed by atoms with Gasteiger partial charge in [0.15, 0.2) is 15.3 Å². The Labute approximate surface area is 346 Å². The number of carbonyl (C=O) groups is 2. The van der Waals surface area contributed by atoms with E-state index in [-0.39, 0.29) is 17.0 Å². The molecule has 0 saturated carbocycles. The van der Waals surface area contributed by atoms with Gasteiger partial charge < -0.3 is 19.3 Å². The third-order valence-electron chi connectivity index (χ3n) is 4.87. The van der Waals surface area contributed by atoms with Crippen molar-refractivity contribution in [1.29, 1.82) is 0 Å². The van der Waals surface area contributed by atoms with E-state index in [9.17, 15) is 18.7 Å². The Balaban J connectivity index is 3.29. The van der Waals surface area contributed by atoms with Crippen LogP contribution >= 0.6 is 153 Å². The Kier molecular flexibility index (Phi) is 47.2. The predicted molar refractivity (Wildman–Crippen MR) is 245 cm³/mol. The first kappa shape index (κ1) is 51.4. The molecular formula is C26H50O6S15. The lowest BCUT2D eigenvalue weighted by atomic mass is 10.5. The molecule has 0 heterocycles. The fraction of sp³-hybridized carbons (Fsp3) is 0.923. The number of aliphatic hydroxyl groups excluding tert-OH is 2. The van der Waals surface area contributed by atoms with E-state index in [1.54, 1.807) is 11.8 Å². The highest BCUT2D eigenvalue weighted by Crippen LogP contribution is 2.23. The average molecular weight is 940 g/mol. The van der Waals surface area contributed by atoms with Crippen LogP contribution in [-0.4, -0.2) is 140 Å². The molecule has 0 radical (unpaired) electrons. The molecule has 0 aromatic rings. The quantitative estimate of drug-likeness (QED) is 0.0351. The summed E-state index contributed by atoms with van der Waals surface area (Å²) in [7, 11) is 0. The van der Waals surface area contributed by atoms with Crippen molar-refractivity contribution in [3.8, 4) is 0 Å². The first-order valence-corrected chi connectivity index (χ1v) is 32.2. The van der Waals surface area contributed by atoms with E-state index in [0.29, 0.717) is 33.9 Å². The normalized spacial score (nSPS) is 12.9. The molecule has 0 aliphatic carbocycles. The summed E-state index contributed by atoms with van der Waals surface area (Å²) < 4.78 is 23.9. The van der Waals surface area contributed by atoms with Crippen LogP contribution in [-0.2, 0) is 31.9 Å². The van der Waals surface area contributed by atoms with Crippen LogP contribution in [0.15, 0.2) is 0 Å². The molecular weight excluding hydrogens is 889 g/mol. The van der Waals surface area contributed by atoms with Gasteiger partial charge in [-0.15, -0.1) is 58.8 Å². The van der Waals surface area contributed by atoms with Gasteiger partial charge >= 0.3 is 0 Å². The van der Waals surface area contributed by atoms with Crippen molar-refractivity contribution in [2.24, 2.45) is 0 Å². The Bertz CT molecular complexity index is 693. The van der Waals surface area contributed by atoms with Gasteiger partial charge in [0.25, 0.3) is 0 Å². The highest BCUT2D eigenvalue weighted by molar-refractivity contribution is 8.25. The molecule has 0 aliphatic rings. The predicted octanol–water partition coefficient (Wildman–Crippen LogP) is 8.19. The lowest BCUT2D eigenvalue weighted by Crippen LogP contribution is -2.13. The zero-order valence-electron chi connectivity index (χ0n) is 26.6. The van der Waals surface area contributed by atoms with Crippen LogP contribution in [0.4, 0.5) is 0 Å².